The molecule has 1 aliphatic heterocycles. The summed E-state index contributed by atoms with van der Waals surface area (Å²) in [6.45, 7) is 9.36. The molecule has 0 bridgehead atoms. The molecule has 0 spiro atoms. The van der Waals surface area contributed by atoms with E-state index in [1.54, 1.807) is 6.08 Å². The monoisotopic (exact) mass is 432 g/mol. The van der Waals surface area contributed by atoms with Crippen LogP contribution in [0.15, 0.2) is 11.6 Å². The van der Waals surface area contributed by atoms with Crippen LogP contribution in [-0.4, -0.2) is 43.0 Å². The lowest BCUT2D eigenvalue weighted by atomic mass is 9.38. The van der Waals surface area contributed by atoms with Gasteiger partial charge in [0.05, 0.1) is 12.0 Å². The molecule has 1 saturated heterocycles. The molecule has 0 amide bonds. The van der Waals surface area contributed by atoms with Crippen molar-refractivity contribution in [2.24, 2.45) is 34.0 Å². The van der Waals surface area contributed by atoms with Crippen molar-refractivity contribution in [2.45, 2.75) is 72.5 Å². The van der Waals surface area contributed by atoms with Gasteiger partial charge in [-0.15, -0.1) is 0 Å². The van der Waals surface area contributed by atoms with Gasteiger partial charge in [0, 0.05) is 31.3 Å². The molecular formula is C24H32O7. The maximum Gasteiger partial charge on any atom is 0.334 e. The molecule has 0 radical (unpaired) electrons. The number of fused-ring (bicyclic) bond motifs is 5. The first kappa shape index (κ1) is 22.0. The largest absolute Gasteiger partial charge is 0.462 e. The number of aldehydes is 1. The van der Waals surface area contributed by atoms with Crippen LogP contribution in [0.5, 0.6) is 0 Å². The molecule has 4 rings (SSSR count). The summed E-state index contributed by atoms with van der Waals surface area (Å²) in [5.74, 6) is -2.24. The Morgan fingerprint density at radius 1 is 1.13 bits per heavy atom. The van der Waals surface area contributed by atoms with Crippen LogP contribution in [0.2, 0.25) is 0 Å². The summed E-state index contributed by atoms with van der Waals surface area (Å²) >= 11 is 0. The average Bonchev–Trinajstić information content (AvgIpc) is 3.02. The lowest BCUT2D eigenvalue weighted by Crippen LogP contribution is -2.69. The minimum atomic E-state index is -1.19. The van der Waals surface area contributed by atoms with E-state index in [9.17, 15) is 19.2 Å². The Hall–Kier alpha value is -2.18. The molecule has 3 aliphatic carbocycles. The molecule has 7 atom stereocenters. The number of hydrogen-bond acceptors (Lipinski definition) is 7. The van der Waals surface area contributed by atoms with E-state index < -0.39 is 47.4 Å². The number of cyclic esters (lactones) is 1. The van der Waals surface area contributed by atoms with Gasteiger partial charge in [-0.05, 0) is 42.1 Å². The van der Waals surface area contributed by atoms with Crippen molar-refractivity contribution >= 4 is 24.2 Å². The van der Waals surface area contributed by atoms with Gasteiger partial charge in [0.15, 0.2) is 0 Å². The average molecular weight is 433 g/mol. The third-order valence-corrected chi connectivity index (χ3v) is 8.62. The van der Waals surface area contributed by atoms with Crippen LogP contribution in [0.1, 0.15) is 60.3 Å². The van der Waals surface area contributed by atoms with Gasteiger partial charge in [-0.25, -0.2) is 4.79 Å². The lowest BCUT2D eigenvalue weighted by Gasteiger charge is -2.66. The topological polar surface area (TPSA) is 96.0 Å². The third-order valence-electron chi connectivity index (χ3n) is 8.62. The smallest absolute Gasteiger partial charge is 0.334 e. The molecule has 3 fully saturated rings. The highest BCUT2D eigenvalue weighted by atomic mass is 16.6. The molecule has 0 aromatic carbocycles. The van der Waals surface area contributed by atoms with Gasteiger partial charge in [-0.3, -0.25) is 9.59 Å². The summed E-state index contributed by atoms with van der Waals surface area (Å²) in [5, 5.41) is 0. The number of esters is 3. The fourth-order valence-corrected chi connectivity index (χ4v) is 7.64. The second kappa shape index (κ2) is 7.17. The first-order valence-electron chi connectivity index (χ1n) is 11.2. The van der Waals surface area contributed by atoms with Crippen molar-refractivity contribution in [1.29, 1.82) is 0 Å². The van der Waals surface area contributed by atoms with Crippen molar-refractivity contribution in [3.05, 3.63) is 11.6 Å². The quantitative estimate of drug-likeness (QED) is 0.384. The predicted molar refractivity (Wildman–Crippen MR) is 109 cm³/mol. The van der Waals surface area contributed by atoms with Crippen LogP contribution >= 0.6 is 0 Å². The summed E-state index contributed by atoms with van der Waals surface area (Å²) in [6.07, 6.45) is 4.50. The van der Waals surface area contributed by atoms with Crippen molar-refractivity contribution in [1.82, 2.24) is 0 Å². The minimum Gasteiger partial charge on any atom is -0.462 e. The van der Waals surface area contributed by atoms with E-state index in [2.05, 4.69) is 20.8 Å². The van der Waals surface area contributed by atoms with Crippen LogP contribution in [-0.2, 0) is 33.4 Å². The van der Waals surface area contributed by atoms with Crippen LogP contribution < -0.4 is 0 Å². The maximum atomic E-state index is 13.0. The number of ether oxygens (including phenoxy) is 3. The zero-order valence-electron chi connectivity index (χ0n) is 18.9. The number of hydrogen-bond donors (Lipinski definition) is 0. The van der Waals surface area contributed by atoms with E-state index >= 15 is 0 Å². The van der Waals surface area contributed by atoms with Crippen molar-refractivity contribution in [2.75, 3.05) is 6.61 Å². The molecule has 0 aromatic heterocycles. The zero-order chi connectivity index (χ0) is 22.8. The molecule has 7 nitrogen and oxygen atoms in total. The summed E-state index contributed by atoms with van der Waals surface area (Å²) in [5.41, 5.74) is -1.22. The van der Waals surface area contributed by atoms with Crippen molar-refractivity contribution in [3.8, 4) is 0 Å². The Kier molecular flexibility index (Phi) is 5.10. The van der Waals surface area contributed by atoms with E-state index in [0.717, 1.165) is 25.5 Å². The number of carbonyl (C=O) groups excluding carboxylic acids is 4. The molecule has 0 aromatic rings. The Labute approximate surface area is 182 Å². The third kappa shape index (κ3) is 3.06. The van der Waals surface area contributed by atoms with Gasteiger partial charge in [0.1, 0.15) is 18.5 Å². The number of rotatable bonds is 3. The molecule has 1 heterocycles. The van der Waals surface area contributed by atoms with E-state index in [0.29, 0.717) is 12.0 Å². The highest BCUT2D eigenvalue weighted by Crippen LogP contribution is 2.69. The molecule has 0 N–H and O–H groups in total. The number of carbonyl (C=O) groups is 4. The molecular weight excluding hydrogens is 400 g/mol. The van der Waals surface area contributed by atoms with E-state index in [1.807, 2.05) is 0 Å². The van der Waals surface area contributed by atoms with Crippen LogP contribution in [0, 0.1) is 34.0 Å². The van der Waals surface area contributed by atoms with Gasteiger partial charge < -0.3 is 19.0 Å². The molecule has 31 heavy (non-hydrogen) atoms. The highest BCUT2D eigenvalue weighted by Gasteiger charge is 2.72. The van der Waals surface area contributed by atoms with Crippen molar-refractivity contribution in [3.63, 3.8) is 0 Å². The maximum absolute atomic E-state index is 13.0. The molecule has 2 saturated carbocycles. The molecule has 0 unspecified atom stereocenters. The van der Waals surface area contributed by atoms with E-state index in [4.69, 9.17) is 14.2 Å². The summed E-state index contributed by atoms with van der Waals surface area (Å²) < 4.78 is 16.9. The second-order valence-corrected chi connectivity index (χ2v) is 10.7. The summed E-state index contributed by atoms with van der Waals surface area (Å²) in [7, 11) is 0. The normalized spacial score (nSPS) is 42.8. The fourth-order valence-electron chi connectivity index (χ4n) is 7.64. The Balaban J connectivity index is 1.97. The molecule has 4 aliphatic rings. The second-order valence-electron chi connectivity index (χ2n) is 10.7. The van der Waals surface area contributed by atoms with Crippen LogP contribution in [0.4, 0.5) is 0 Å². The van der Waals surface area contributed by atoms with Gasteiger partial charge in [-0.2, -0.15) is 0 Å². The minimum absolute atomic E-state index is 0.0345. The Morgan fingerprint density at radius 3 is 2.42 bits per heavy atom. The Morgan fingerprint density at radius 2 is 1.81 bits per heavy atom. The summed E-state index contributed by atoms with van der Waals surface area (Å²) in [6, 6.07) is 0. The highest BCUT2D eigenvalue weighted by molar-refractivity contribution is 5.93. The van der Waals surface area contributed by atoms with E-state index in [-0.39, 0.29) is 23.4 Å². The van der Waals surface area contributed by atoms with Gasteiger partial charge in [0.25, 0.3) is 0 Å². The van der Waals surface area contributed by atoms with Crippen LogP contribution in [0.3, 0.4) is 0 Å². The zero-order valence-corrected chi connectivity index (χ0v) is 18.9. The SMILES string of the molecule is CC(=O)O[C@H]1C=C2C(=O)OC[C@H]2[C@]2(C=O)[C@@H](OC(C)=O)C[C@H]3C(C)(C)CCC[C@]3(C)[C@@H]12. The molecule has 7 heteroatoms. The molecule has 170 valence electrons. The fraction of sp³-hybridized carbons (Fsp3) is 0.750. The Bertz CT molecular complexity index is 858. The van der Waals surface area contributed by atoms with E-state index in [1.165, 1.54) is 13.8 Å². The van der Waals surface area contributed by atoms with Gasteiger partial charge in [0.2, 0.25) is 0 Å². The van der Waals surface area contributed by atoms with Gasteiger partial charge >= 0.3 is 17.9 Å². The van der Waals surface area contributed by atoms with Gasteiger partial charge in [-0.1, -0.05) is 27.2 Å². The van der Waals surface area contributed by atoms with Crippen molar-refractivity contribution < 1.29 is 33.4 Å². The lowest BCUT2D eigenvalue weighted by molar-refractivity contribution is -0.231. The first-order valence-corrected chi connectivity index (χ1v) is 11.2. The standard InChI is InChI=1S/C24H32O7/c1-13(26)30-17-9-15-16(11-29-21(15)28)24(12-25)19(31-14(2)27)10-18-22(3,4)7-6-8-23(18,5)20(17)24/h9,12,16-20H,6-8,10-11H2,1-5H3/t16-,17+,18+,19+,20-,23+,24-/m1/s1. The first-order chi connectivity index (χ1) is 14.5. The van der Waals surface area contributed by atoms with Crippen LogP contribution in [0.25, 0.3) is 0 Å². The summed E-state index contributed by atoms with van der Waals surface area (Å²) in [4.78, 5) is 49.7. The predicted octanol–water partition coefficient (Wildman–Crippen LogP) is 3.00.